The van der Waals surface area contributed by atoms with Crippen molar-refractivity contribution in [3.63, 3.8) is 0 Å². The van der Waals surface area contributed by atoms with E-state index < -0.39 is 0 Å². The Morgan fingerprint density at radius 2 is 1.77 bits per heavy atom. The smallest absolute Gasteiger partial charge is 0.229 e. The summed E-state index contributed by atoms with van der Waals surface area (Å²) in [4.78, 5) is 30.6. The van der Waals surface area contributed by atoms with Crippen molar-refractivity contribution >= 4 is 11.9 Å². The van der Waals surface area contributed by atoms with Gasteiger partial charge in [0.2, 0.25) is 11.9 Å². The molecule has 6 nitrogen and oxygen atoms in total. The highest BCUT2D eigenvalue weighted by Crippen LogP contribution is 2.42. The summed E-state index contributed by atoms with van der Waals surface area (Å²) in [5.74, 6) is 1.08. The Morgan fingerprint density at radius 1 is 1.04 bits per heavy atom. The van der Waals surface area contributed by atoms with Crippen LogP contribution in [0.2, 0.25) is 0 Å². The summed E-state index contributed by atoms with van der Waals surface area (Å²) in [6.45, 7) is 5.23. The molecule has 2 aromatic heterocycles. The highest BCUT2D eigenvalue weighted by Gasteiger charge is 2.48. The van der Waals surface area contributed by atoms with Crippen LogP contribution in [0.5, 0.6) is 0 Å². The minimum Gasteiger partial charge on any atom is -0.341 e. The fraction of sp³-hybridized carbons (Fsp3) is 0.500. The first kappa shape index (κ1) is 16.9. The Morgan fingerprint density at radius 3 is 2.42 bits per heavy atom. The second-order valence-corrected chi connectivity index (χ2v) is 7.31. The SMILES string of the molecule is CCc1cnc(N2CCC3(CCN(Cc4ccccn4)C3=O)CC2)nc1. The van der Waals surface area contributed by atoms with Gasteiger partial charge in [0.15, 0.2) is 0 Å². The summed E-state index contributed by atoms with van der Waals surface area (Å²) in [5, 5.41) is 0. The molecule has 1 amide bonds. The number of aromatic nitrogens is 3. The van der Waals surface area contributed by atoms with Gasteiger partial charge in [-0.05, 0) is 43.4 Å². The maximum absolute atomic E-state index is 13.1. The molecular formula is C20H25N5O. The zero-order chi connectivity index (χ0) is 18.0. The van der Waals surface area contributed by atoms with Crippen molar-refractivity contribution in [3.05, 3.63) is 48.0 Å². The number of pyridine rings is 1. The fourth-order valence-corrected chi connectivity index (χ4v) is 4.02. The molecule has 6 heteroatoms. The Balaban J connectivity index is 1.39. The van der Waals surface area contributed by atoms with E-state index in [1.54, 1.807) is 6.20 Å². The summed E-state index contributed by atoms with van der Waals surface area (Å²) < 4.78 is 0. The van der Waals surface area contributed by atoms with Crippen molar-refractivity contribution in [1.82, 2.24) is 19.9 Å². The van der Waals surface area contributed by atoms with Crippen LogP contribution in [0.1, 0.15) is 37.4 Å². The van der Waals surface area contributed by atoms with Gasteiger partial charge in [-0.1, -0.05) is 13.0 Å². The molecule has 0 unspecified atom stereocenters. The number of piperidine rings is 1. The van der Waals surface area contributed by atoms with Crippen molar-refractivity contribution in [2.45, 2.75) is 39.2 Å². The van der Waals surface area contributed by atoms with Crippen LogP contribution < -0.4 is 4.90 Å². The summed E-state index contributed by atoms with van der Waals surface area (Å²) in [5.41, 5.74) is 1.91. The van der Waals surface area contributed by atoms with E-state index in [1.165, 1.54) is 0 Å². The second kappa shape index (κ2) is 7.02. The molecule has 0 saturated carbocycles. The number of rotatable bonds is 4. The van der Waals surface area contributed by atoms with Gasteiger partial charge in [-0.2, -0.15) is 0 Å². The Labute approximate surface area is 154 Å². The molecule has 0 radical (unpaired) electrons. The summed E-state index contributed by atoms with van der Waals surface area (Å²) in [6.07, 6.45) is 9.25. The van der Waals surface area contributed by atoms with Crippen molar-refractivity contribution in [2.75, 3.05) is 24.5 Å². The second-order valence-electron chi connectivity index (χ2n) is 7.31. The molecule has 26 heavy (non-hydrogen) atoms. The number of carbonyl (C=O) groups excluding carboxylic acids is 1. The van der Waals surface area contributed by atoms with Crippen molar-refractivity contribution in [1.29, 1.82) is 0 Å². The normalized spacial score (nSPS) is 19.3. The molecule has 2 fully saturated rings. The van der Waals surface area contributed by atoms with E-state index in [1.807, 2.05) is 35.5 Å². The first-order chi connectivity index (χ1) is 12.7. The van der Waals surface area contributed by atoms with Crippen LogP contribution in [0, 0.1) is 5.41 Å². The molecule has 0 aliphatic carbocycles. The molecule has 4 heterocycles. The first-order valence-electron chi connectivity index (χ1n) is 9.45. The molecule has 2 aliphatic rings. The summed E-state index contributed by atoms with van der Waals surface area (Å²) in [7, 11) is 0. The number of likely N-dealkylation sites (tertiary alicyclic amines) is 1. The van der Waals surface area contributed by atoms with Crippen LogP contribution in [0.25, 0.3) is 0 Å². The molecule has 0 aromatic carbocycles. The predicted molar refractivity (Wildman–Crippen MR) is 99.6 cm³/mol. The lowest BCUT2D eigenvalue weighted by atomic mass is 9.77. The molecule has 4 rings (SSSR count). The number of hydrogen-bond donors (Lipinski definition) is 0. The summed E-state index contributed by atoms with van der Waals surface area (Å²) in [6, 6.07) is 5.86. The van der Waals surface area contributed by atoms with Crippen LogP contribution >= 0.6 is 0 Å². The maximum Gasteiger partial charge on any atom is 0.229 e. The van der Waals surface area contributed by atoms with Crippen molar-refractivity contribution in [2.24, 2.45) is 5.41 Å². The Bertz CT molecular complexity index is 754. The Kier molecular flexibility index (Phi) is 4.57. The van der Waals surface area contributed by atoms with E-state index in [0.717, 1.165) is 62.5 Å². The lowest BCUT2D eigenvalue weighted by Crippen LogP contribution is -2.45. The van der Waals surface area contributed by atoms with E-state index in [4.69, 9.17) is 0 Å². The van der Waals surface area contributed by atoms with Crippen LogP contribution in [0.3, 0.4) is 0 Å². The van der Waals surface area contributed by atoms with Gasteiger partial charge >= 0.3 is 0 Å². The molecule has 0 atom stereocenters. The molecular weight excluding hydrogens is 326 g/mol. The van der Waals surface area contributed by atoms with Crippen molar-refractivity contribution < 1.29 is 4.79 Å². The first-order valence-corrected chi connectivity index (χ1v) is 9.45. The fourth-order valence-electron chi connectivity index (χ4n) is 4.02. The van der Waals surface area contributed by atoms with E-state index in [0.29, 0.717) is 12.5 Å². The average Bonchev–Trinajstić information content (AvgIpc) is 2.99. The third kappa shape index (κ3) is 3.16. The van der Waals surface area contributed by atoms with E-state index in [9.17, 15) is 4.79 Å². The zero-order valence-corrected chi connectivity index (χ0v) is 15.3. The number of hydrogen-bond acceptors (Lipinski definition) is 5. The molecule has 2 saturated heterocycles. The Hall–Kier alpha value is -2.50. The third-order valence-corrected chi connectivity index (χ3v) is 5.78. The van der Waals surface area contributed by atoms with E-state index >= 15 is 0 Å². The average molecular weight is 351 g/mol. The summed E-state index contributed by atoms with van der Waals surface area (Å²) >= 11 is 0. The molecule has 0 bridgehead atoms. The van der Waals surface area contributed by atoms with Gasteiger partial charge < -0.3 is 9.80 Å². The van der Waals surface area contributed by atoms with Gasteiger partial charge in [0.1, 0.15) is 0 Å². The van der Waals surface area contributed by atoms with Gasteiger partial charge in [-0.25, -0.2) is 9.97 Å². The number of nitrogens with zero attached hydrogens (tertiary/aromatic N) is 5. The van der Waals surface area contributed by atoms with Gasteiger partial charge in [0.05, 0.1) is 17.7 Å². The quantitative estimate of drug-likeness (QED) is 0.847. The minimum atomic E-state index is -0.200. The van der Waals surface area contributed by atoms with E-state index in [2.05, 4.69) is 26.8 Å². The van der Waals surface area contributed by atoms with Crippen LogP contribution in [0.15, 0.2) is 36.8 Å². The topological polar surface area (TPSA) is 62.2 Å². The lowest BCUT2D eigenvalue weighted by molar-refractivity contribution is -0.137. The molecule has 1 spiro atoms. The largest absolute Gasteiger partial charge is 0.341 e. The highest BCUT2D eigenvalue weighted by molar-refractivity contribution is 5.85. The third-order valence-electron chi connectivity index (χ3n) is 5.78. The number of carbonyl (C=O) groups is 1. The molecule has 2 aliphatic heterocycles. The van der Waals surface area contributed by atoms with E-state index in [-0.39, 0.29) is 5.41 Å². The highest BCUT2D eigenvalue weighted by atomic mass is 16.2. The number of amides is 1. The number of aryl methyl sites for hydroxylation is 1. The van der Waals surface area contributed by atoms with Gasteiger partial charge in [-0.3, -0.25) is 9.78 Å². The lowest BCUT2D eigenvalue weighted by Gasteiger charge is -2.37. The van der Waals surface area contributed by atoms with Gasteiger partial charge in [-0.15, -0.1) is 0 Å². The molecule has 136 valence electrons. The van der Waals surface area contributed by atoms with Crippen LogP contribution in [0.4, 0.5) is 5.95 Å². The molecule has 0 N–H and O–H groups in total. The minimum absolute atomic E-state index is 0.200. The predicted octanol–water partition coefficient (Wildman–Crippen LogP) is 2.45. The van der Waals surface area contributed by atoms with Crippen LogP contribution in [-0.4, -0.2) is 45.4 Å². The molecule has 2 aromatic rings. The van der Waals surface area contributed by atoms with Crippen molar-refractivity contribution in [3.8, 4) is 0 Å². The van der Waals surface area contributed by atoms with Gasteiger partial charge in [0.25, 0.3) is 0 Å². The standard InChI is InChI=1S/C20H25N5O/c1-2-16-13-22-19(23-14-16)24-10-6-20(7-11-24)8-12-25(18(20)26)15-17-5-3-4-9-21-17/h3-5,9,13-14H,2,6-8,10-12,15H2,1H3. The van der Waals surface area contributed by atoms with Gasteiger partial charge in [0, 0.05) is 38.2 Å². The number of anilines is 1. The van der Waals surface area contributed by atoms with Crippen LogP contribution in [-0.2, 0) is 17.8 Å². The monoisotopic (exact) mass is 351 g/mol. The maximum atomic E-state index is 13.1. The zero-order valence-electron chi connectivity index (χ0n) is 15.3.